The van der Waals surface area contributed by atoms with Crippen LogP contribution in [0.4, 0.5) is 5.69 Å². The molecule has 0 fully saturated rings. The number of carbonyl (C=O) groups is 1. The van der Waals surface area contributed by atoms with E-state index in [9.17, 15) is 4.79 Å². The standard InChI is InChI=1S/C17H16Cl3NO/c1-2-11-3-5-12(6-4-11)7-8-17(22)21-16-10-14(19)13(18)9-15(16)20/h3-6,9-10H,2,7-8H2,1H3,(H,21,22). The zero-order valence-corrected chi connectivity index (χ0v) is 14.4. The van der Waals surface area contributed by atoms with Gasteiger partial charge in [-0.25, -0.2) is 0 Å². The van der Waals surface area contributed by atoms with Crippen LogP contribution in [0.25, 0.3) is 0 Å². The van der Waals surface area contributed by atoms with Gasteiger partial charge >= 0.3 is 0 Å². The molecule has 0 aliphatic rings. The lowest BCUT2D eigenvalue weighted by Gasteiger charge is -2.09. The zero-order valence-electron chi connectivity index (χ0n) is 12.1. The first-order valence-electron chi connectivity index (χ1n) is 7.01. The monoisotopic (exact) mass is 355 g/mol. The normalized spacial score (nSPS) is 10.5. The van der Waals surface area contributed by atoms with Gasteiger partial charge in [-0.05, 0) is 36.1 Å². The van der Waals surface area contributed by atoms with Crippen LogP contribution in [0.1, 0.15) is 24.5 Å². The highest BCUT2D eigenvalue weighted by atomic mass is 35.5. The minimum absolute atomic E-state index is 0.111. The van der Waals surface area contributed by atoms with E-state index < -0.39 is 0 Å². The molecule has 0 aliphatic carbocycles. The van der Waals surface area contributed by atoms with E-state index in [4.69, 9.17) is 34.8 Å². The van der Waals surface area contributed by atoms with Gasteiger partial charge in [-0.3, -0.25) is 4.79 Å². The molecule has 22 heavy (non-hydrogen) atoms. The Morgan fingerprint density at radius 1 is 0.955 bits per heavy atom. The molecule has 0 saturated carbocycles. The van der Waals surface area contributed by atoms with Gasteiger partial charge in [0.15, 0.2) is 0 Å². The van der Waals surface area contributed by atoms with Crippen LogP contribution in [0.2, 0.25) is 15.1 Å². The van der Waals surface area contributed by atoms with Gasteiger partial charge in [-0.1, -0.05) is 66.0 Å². The highest BCUT2D eigenvalue weighted by Crippen LogP contribution is 2.32. The number of hydrogen-bond donors (Lipinski definition) is 1. The van der Waals surface area contributed by atoms with Gasteiger partial charge in [0, 0.05) is 6.42 Å². The van der Waals surface area contributed by atoms with Crippen LogP contribution in [0.15, 0.2) is 36.4 Å². The second kappa shape index (κ2) is 7.87. The molecule has 0 spiro atoms. The number of aryl methyl sites for hydroxylation is 2. The first kappa shape index (κ1) is 17.1. The third kappa shape index (κ3) is 4.64. The van der Waals surface area contributed by atoms with Crippen molar-refractivity contribution in [2.24, 2.45) is 0 Å². The smallest absolute Gasteiger partial charge is 0.224 e. The summed E-state index contributed by atoms with van der Waals surface area (Å²) >= 11 is 17.8. The lowest BCUT2D eigenvalue weighted by molar-refractivity contribution is -0.116. The predicted molar refractivity (Wildman–Crippen MR) is 94.2 cm³/mol. The number of halogens is 3. The minimum Gasteiger partial charge on any atom is -0.325 e. The zero-order chi connectivity index (χ0) is 16.1. The van der Waals surface area contributed by atoms with Crippen molar-refractivity contribution in [2.75, 3.05) is 5.32 Å². The molecular weight excluding hydrogens is 341 g/mol. The van der Waals surface area contributed by atoms with E-state index in [1.807, 2.05) is 0 Å². The van der Waals surface area contributed by atoms with Crippen molar-refractivity contribution in [3.05, 3.63) is 62.6 Å². The maximum absolute atomic E-state index is 12.0. The average molecular weight is 357 g/mol. The van der Waals surface area contributed by atoms with E-state index in [1.54, 1.807) is 6.07 Å². The average Bonchev–Trinajstić information content (AvgIpc) is 2.51. The Labute approximate surface area is 145 Å². The van der Waals surface area contributed by atoms with E-state index >= 15 is 0 Å². The molecular formula is C17H16Cl3NO. The van der Waals surface area contributed by atoms with Crippen LogP contribution < -0.4 is 5.32 Å². The Morgan fingerprint density at radius 2 is 1.55 bits per heavy atom. The van der Waals surface area contributed by atoms with Gasteiger partial charge in [0.2, 0.25) is 5.91 Å². The predicted octanol–water partition coefficient (Wildman–Crippen LogP) is 5.78. The largest absolute Gasteiger partial charge is 0.325 e. The van der Waals surface area contributed by atoms with Crippen molar-refractivity contribution in [1.29, 1.82) is 0 Å². The molecule has 0 unspecified atom stereocenters. The lowest BCUT2D eigenvalue weighted by Crippen LogP contribution is -2.12. The van der Waals surface area contributed by atoms with Gasteiger partial charge in [-0.2, -0.15) is 0 Å². The molecule has 2 rings (SSSR count). The second-order valence-corrected chi connectivity index (χ2v) is 6.19. The molecule has 5 heteroatoms. The fourth-order valence-electron chi connectivity index (χ4n) is 2.03. The molecule has 2 nitrogen and oxygen atoms in total. The molecule has 0 heterocycles. The van der Waals surface area contributed by atoms with E-state index in [1.165, 1.54) is 11.6 Å². The Bertz CT molecular complexity index is 668. The number of anilines is 1. The van der Waals surface area contributed by atoms with Crippen molar-refractivity contribution in [3.8, 4) is 0 Å². The third-order valence-corrected chi connectivity index (χ3v) is 4.39. The fraction of sp³-hybridized carbons (Fsp3) is 0.235. The van der Waals surface area contributed by atoms with Crippen molar-refractivity contribution in [2.45, 2.75) is 26.2 Å². The molecule has 0 saturated heterocycles. The highest BCUT2D eigenvalue weighted by Gasteiger charge is 2.09. The summed E-state index contributed by atoms with van der Waals surface area (Å²) in [4.78, 5) is 12.0. The fourth-order valence-corrected chi connectivity index (χ4v) is 2.62. The number of benzene rings is 2. The second-order valence-electron chi connectivity index (χ2n) is 4.96. The summed E-state index contributed by atoms with van der Waals surface area (Å²) in [5, 5.41) is 3.85. The van der Waals surface area contributed by atoms with E-state index in [-0.39, 0.29) is 5.91 Å². The van der Waals surface area contributed by atoms with Gasteiger partial charge in [-0.15, -0.1) is 0 Å². The first-order chi connectivity index (χ1) is 10.5. The van der Waals surface area contributed by atoms with Crippen LogP contribution in [-0.2, 0) is 17.6 Å². The van der Waals surface area contributed by atoms with Gasteiger partial charge in [0.05, 0.1) is 20.8 Å². The Morgan fingerprint density at radius 3 is 2.18 bits per heavy atom. The summed E-state index contributed by atoms with van der Waals surface area (Å²) < 4.78 is 0. The van der Waals surface area contributed by atoms with E-state index in [0.29, 0.717) is 33.6 Å². The molecule has 0 bridgehead atoms. The van der Waals surface area contributed by atoms with Gasteiger partial charge in [0.1, 0.15) is 0 Å². The number of nitrogens with one attached hydrogen (secondary N) is 1. The summed E-state index contributed by atoms with van der Waals surface area (Å²) in [6, 6.07) is 11.4. The molecule has 0 radical (unpaired) electrons. The van der Waals surface area contributed by atoms with Crippen molar-refractivity contribution >= 4 is 46.4 Å². The molecule has 2 aromatic rings. The molecule has 116 valence electrons. The summed E-state index contributed by atoms with van der Waals surface area (Å²) in [7, 11) is 0. The molecule has 0 aliphatic heterocycles. The van der Waals surface area contributed by atoms with Crippen LogP contribution in [0.5, 0.6) is 0 Å². The number of hydrogen-bond acceptors (Lipinski definition) is 1. The Hall–Kier alpha value is -1.22. The molecule has 0 aromatic heterocycles. The van der Waals surface area contributed by atoms with Gasteiger partial charge < -0.3 is 5.32 Å². The topological polar surface area (TPSA) is 29.1 Å². The number of rotatable bonds is 5. The van der Waals surface area contributed by atoms with Crippen molar-refractivity contribution < 1.29 is 4.79 Å². The van der Waals surface area contributed by atoms with Crippen LogP contribution in [0.3, 0.4) is 0 Å². The summed E-state index contributed by atoms with van der Waals surface area (Å²) in [5.74, 6) is -0.111. The van der Waals surface area contributed by atoms with E-state index in [2.05, 4.69) is 36.5 Å². The summed E-state index contributed by atoms with van der Waals surface area (Å²) in [6.07, 6.45) is 2.06. The quantitative estimate of drug-likeness (QED) is 0.676. The molecule has 1 N–H and O–H groups in total. The Balaban J connectivity index is 1.94. The Kier molecular flexibility index (Phi) is 6.13. The van der Waals surface area contributed by atoms with Gasteiger partial charge in [0.25, 0.3) is 0 Å². The minimum atomic E-state index is -0.111. The van der Waals surface area contributed by atoms with Crippen LogP contribution in [0, 0.1) is 0 Å². The first-order valence-corrected chi connectivity index (χ1v) is 8.15. The molecule has 2 aromatic carbocycles. The van der Waals surface area contributed by atoms with E-state index in [0.717, 1.165) is 12.0 Å². The number of amides is 1. The number of carbonyl (C=O) groups excluding carboxylic acids is 1. The van der Waals surface area contributed by atoms with Crippen molar-refractivity contribution in [1.82, 2.24) is 0 Å². The molecule has 1 amide bonds. The lowest BCUT2D eigenvalue weighted by atomic mass is 10.1. The molecule has 0 atom stereocenters. The van der Waals surface area contributed by atoms with Crippen molar-refractivity contribution in [3.63, 3.8) is 0 Å². The van der Waals surface area contributed by atoms with Crippen LogP contribution >= 0.6 is 34.8 Å². The highest BCUT2D eigenvalue weighted by molar-refractivity contribution is 6.44. The maximum atomic E-state index is 12.0. The SMILES string of the molecule is CCc1ccc(CCC(=O)Nc2cc(Cl)c(Cl)cc2Cl)cc1. The van der Waals surface area contributed by atoms with Crippen LogP contribution in [-0.4, -0.2) is 5.91 Å². The maximum Gasteiger partial charge on any atom is 0.224 e. The summed E-state index contributed by atoms with van der Waals surface area (Å²) in [5.41, 5.74) is 2.89. The summed E-state index contributed by atoms with van der Waals surface area (Å²) in [6.45, 7) is 2.11. The third-order valence-electron chi connectivity index (χ3n) is 3.36.